The van der Waals surface area contributed by atoms with Gasteiger partial charge in [0.15, 0.2) is 11.5 Å². The number of ether oxygens (including phenoxy) is 2. The molecular weight excluding hydrogens is 462 g/mol. The van der Waals surface area contributed by atoms with Gasteiger partial charge in [0.05, 0.1) is 19.4 Å². The van der Waals surface area contributed by atoms with Crippen molar-refractivity contribution in [3.63, 3.8) is 0 Å². The lowest BCUT2D eigenvalue weighted by Crippen LogP contribution is -2.44. The molecular formula is C23H35N3O7S. The standard InChI is InChI=1S/C23H35N3O7S/c1-4-10-26(33-11-5-2)23(28)14-25-13-18(17-6-7-21-22(12-17)32-16-31-21)19(15-27)20(25)8-9-24-34(3,29)30/h6-7,12,15,18-20,24H,4-5,8-11,13-14,16H2,1-3H3/t18-,19-,20+/m1/s1. The number of nitrogens with zero attached hydrogens (tertiary/aromatic N) is 2. The van der Waals surface area contributed by atoms with E-state index in [1.54, 1.807) is 0 Å². The van der Waals surface area contributed by atoms with E-state index in [0.29, 0.717) is 37.6 Å². The van der Waals surface area contributed by atoms with E-state index in [-0.39, 0.29) is 37.7 Å². The molecule has 1 N–H and O–H groups in total. The summed E-state index contributed by atoms with van der Waals surface area (Å²) in [6, 6.07) is 5.32. The number of carbonyl (C=O) groups excluding carboxylic acids is 2. The van der Waals surface area contributed by atoms with Crippen LogP contribution in [0.3, 0.4) is 0 Å². The number of benzene rings is 1. The van der Waals surface area contributed by atoms with Crippen LogP contribution in [0, 0.1) is 5.92 Å². The lowest BCUT2D eigenvalue weighted by Gasteiger charge is -2.28. The summed E-state index contributed by atoms with van der Waals surface area (Å²) < 4.78 is 36.6. The topological polar surface area (TPSA) is 114 Å². The molecule has 34 heavy (non-hydrogen) atoms. The van der Waals surface area contributed by atoms with E-state index < -0.39 is 15.9 Å². The molecule has 0 spiro atoms. The Morgan fingerprint density at radius 1 is 1.26 bits per heavy atom. The van der Waals surface area contributed by atoms with Crippen LogP contribution in [0.4, 0.5) is 0 Å². The van der Waals surface area contributed by atoms with Crippen molar-refractivity contribution in [2.24, 2.45) is 5.92 Å². The first-order chi connectivity index (χ1) is 16.3. The number of hydrogen-bond acceptors (Lipinski definition) is 8. The summed E-state index contributed by atoms with van der Waals surface area (Å²) in [6.45, 7) is 5.78. The highest BCUT2D eigenvalue weighted by Crippen LogP contribution is 2.41. The molecule has 3 rings (SSSR count). The van der Waals surface area contributed by atoms with Gasteiger partial charge in [-0.2, -0.15) is 0 Å². The van der Waals surface area contributed by atoms with Crippen LogP contribution < -0.4 is 14.2 Å². The highest BCUT2D eigenvalue weighted by atomic mass is 32.2. The Hall–Kier alpha value is -2.21. The third-order valence-corrected chi connectivity index (χ3v) is 6.82. The van der Waals surface area contributed by atoms with Crippen molar-refractivity contribution >= 4 is 22.2 Å². The zero-order valence-electron chi connectivity index (χ0n) is 20.1. The molecule has 1 aromatic rings. The molecule has 2 aliphatic rings. The first-order valence-electron chi connectivity index (χ1n) is 11.7. The van der Waals surface area contributed by atoms with Crippen molar-refractivity contribution in [2.75, 3.05) is 45.8 Å². The van der Waals surface area contributed by atoms with Crippen LogP contribution in [0.15, 0.2) is 18.2 Å². The lowest BCUT2D eigenvalue weighted by atomic mass is 9.85. The van der Waals surface area contributed by atoms with E-state index in [2.05, 4.69) is 4.72 Å². The second-order valence-corrected chi connectivity index (χ2v) is 10.5. The van der Waals surface area contributed by atoms with Crippen molar-refractivity contribution in [2.45, 2.75) is 45.1 Å². The van der Waals surface area contributed by atoms with Crippen molar-refractivity contribution < 1.29 is 32.3 Å². The van der Waals surface area contributed by atoms with Crippen LogP contribution in [0.25, 0.3) is 0 Å². The average molecular weight is 498 g/mol. The van der Waals surface area contributed by atoms with Gasteiger partial charge in [-0.05, 0) is 37.0 Å². The molecule has 1 aromatic carbocycles. The number of rotatable bonds is 13. The number of carbonyl (C=O) groups is 2. The molecule has 0 aromatic heterocycles. The number of amides is 1. The summed E-state index contributed by atoms with van der Waals surface area (Å²) >= 11 is 0. The minimum Gasteiger partial charge on any atom is -0.454 e. The number of sulfonamides is 1. The van der Waals surface area contributed by atoms with E-state index in [0.717, 1.165) is 30.9 Å². The van der Waals surface area contributed by atoms with Gasteiger partial charge in [-0.1, -0.05) is 19.9 Å². The number of hydroxylamine groups is 2. The minimum atomic E-state index is -3.37. The zero-order valence-corrected chi connectivity index (χ0v) is 20.9. The number of nitrogens with one attached hydrogen (secondary N) is 1. The molecule has 0 radical (unpaired) electrons. The third-order valence-electron chi connectivity index (χ3n) is 6.09. The molecule has 1 fully saturated rings. The Morgan fingerprint density at radius 2 is 2.03 bits per heavy atom. The first kappa shape index (κ1) is 26.4. The summed E-state index contributed by atoms with van der Waals surface area (Å²) in [5.74, 6) is 0.542. The number of aldehydes is 1. The largest absolute Gasteiger partial charge is 0.454 e. The first-order valence-corrected chi connectivity index (χ1v) is 13.6. The highest BCUT2D eigenvalue weighted by Gasteiger charge is 2.43. The van der Waals surface area contributed by atoms with Crippen molar-refractivity contribution in [1.29, 1.82) is 0 Å². The second-order valence-electron chi connectivity index (χ2n) is 8.71. The van der Waals surface area contributed by atoms with E-state index >= 15 is 0 Å². The molecule has 0 aliphatic carbocycles. The summed E-state index contributed by atoms with van der Waals surface area (Å²) in [7, 11) is -3.37. The van der Waals surface area contributed by atoms with Gasteiger partial charge in [-0.25, -0.2) is 18.2 Å². The summed E-state index contributed by atoms with van der Waals surface area (Å²) in [6.07, 6.45) is 3.96. The second kappa shape index (κ2) is 12.0. The Bertz CT molecular complexity index is 956. The van der Waals surface area contributed by atoms with Crippen LogP contribution in [0.5, 0.6) is 11.5 Å². The van der Waals surface area contributed by atoms with Crippen molar-refractivity contribution in [1.82, 2.24) is 14.7 Å². The Morgan fingerprint density at radius 3 is 2.71 bits per heavy atom. The third kappa shape index (κ3) is 6.68. The van der Waals surface area contributed by atoms with E-state index in [4.69, 9.17) is 14.3 Å². The molecule has 2 heterocycles. The van der Waals surface area contributed by atoms with Crippen LogP contribution in [0.2, 0.25) is 0 Å². The van der Waals surface area contributed by atoms with E-state index in [1.807, 2.05) is 36.9 Å². The van der Waals surface area contributed by atoms with Crippen LogP contribution in [-0.4, -0.2) is 82.5 Å². The Kier molecular flexibility index (Phi) is 9.29. The fourth-order valence-electron chi connectivity index (χ4n) is 4.55. The fourth-order valence-corrected chi connectivity index (χ4v) is 5.03. The SMILES string of the molecule is CCCON(CCC)C(=O)CN1C[C@H](c2ccc3c(c2)OCO3)[C@@H](C=O)[C@@H]1CCNS(C)(=O)=O. The fraction of sp³-hybridized carbons (Fsp3) is 0.652. The van der Waals surface area contributed by atoms with Crippen molar-refractivity contribution in [3.8, 4) is 11.5 Å². The van der Waals surface area contributed by atoms with Gasteiger partial charge in [0.1, 0.15) is 6.29 Å². The predicted octanol–water partition coefficient (Wildman–Crippen LogP) is 1.52. The van der Waals surface area contributed by atoms with Crippen LogP contribution >= 0.6 is 0 Å². The molecule has 11 heteroatoms. The maximum Gasteiger partial charge on any atom is 0.260 e. The van der Waals surface area contributed by atoms with Gasteiger partial charge in [0, 0.05) is 37.5 Å². The molecule has 0 saturated carbocycles. The smallest absolute Gasteiger partial charge is 0.260 e. The number of likely N-dealkylation sites (tertiary alicyclic amines) is 1. The molecule has 2 aliphatic heterocycles. The van der Waals surface area contributed by atoms with Gasteiger partial charge in [-0.15, -0.1) is 0 Å². The summed E-state index contributed by atoms with van der Waals surface area (Å²) in [4.78, 5) is 33.0. The maximum atomic E-state index is 13.1. The zero-order chi connectivity index (χ0) is 24.7. The van der Waals surface area contributed by atoms with E-state index in [1.165, 1.54) is 5.06 Å². The highest BCUT2D eigenvalue weighted by molar-refractivity contribution is 7.88. The summed E-state index contributed by atoms with van der Waals surface area (Å²) in [5.41, 5.74) is 0.921. The van der Waals surface area contributed by atoms with Crippen LogP contribution in [-0.2, 0) is 24.4 Å². The molecule has 1 saturated heterocycles. The van der Waals surface area contributed by atoms with Gasteiger partial charge < -0.3 is 14.3 Å². The van der Waals surface area contributed by atoms with Gasteiger partial charge in [0.2, 0.25) is 16.8 Å². The minimum absolute atomic E-state index is 0.0820. The number of hydrogen-bond donors (Lipinski definition) is 1. The quantitative estimate of drug-likeness (QED) is 0.322. The lowest BCUT2D eigenvalue weighted by molar-refractivity contribution is -0.188. The normalized spacial score (nSPS) is 22.1. The monoisotopic (exact) mass is 497 g/mol. The van der Waals surface area contributed by atoms with Crippen LogP contribution in [0.1, 0.15) is 44.6 Å². The molecule has 3 atom stereocenters. The average Bonchev–Trinajstić information content (AvgIpc) is 3.39. The number of fused-ring (bicyclic) bond motifs is 1. The molecule has 10 nitrogen and oxygen atoms in total. The van der Waals surface area contributed by atoms with Gasteiger partial charge in [0.25, 0.3) is 5.91 Å². The van der Waals surface area contributed by atoms with Gasteiger partial charge in [-0.3, -0.25) is 14.5 Å². The predicted molar refractivity (Wildman–Crippen MR) is 126 cm³/mol. The van der Waals surface area contributed by atoms with Gasteiger partial charge >= 0.3 is 0 Å². The Labute approximate surface area is 201 Å². The van der Waals surface area contributed by atoms with Crippen molar-refractivity contribution in [3.05, 3.63) is 23.8 Å². The Balaban J connectivity index is 1.81. The molecule has 190 valence electrons. The summed E-state index contributed by atoms with van der Waals surface area (Å²) in [5, 5.41) is 1.40. The molecule has 0 unspecified atom stereocenters. The maximum absolute atomic E-state index is 13.1. The molecule has 1 amide bonds. The van der Waals surface area contributed by atoms with E-state index in [9.17, 15) is 18.0 Å². The molecule has 0 bridgehead atoms.